The van der Waals surface area contributed by atoms with Crippen molar-refractivity contribution in [1.82, 2.24) is 9.88 Å². The molecule has 0 fully saturated rings. The van der Waals surface area contributed by atoms with Crippen LogP contribution in [0.2, 0.25) is 0 Å². The van der Waals surface area contributed by atoms with Crippen LogP contribution in [-0.2, 0) is 6.54 Å². The van der Waals surface area contributed by atoms with E-state index in [4.69, 9.17) is 4.42 Å². The second-order valence-corrected chi connectivity index (χ2v) is 6.09. The van der Waals surface area contributed by atoms with E-state index in [0.717, 1.165) is 16.6 Å². The highest BCUT2D eigenvalue weighted by atomic mass is 16.3. The number of aromatic nitrogens is 1. The Bertz CT molecular complexity index is 794. The van der Waals surface area contributed by atoms with Gasteiger partial charge >= 0.3 is 0 Å². The number of nitrogens with zero attached hydrogens (tertiary/aromatic N) is 2. The highest BCUT2D eigenvalue weighted by Crippen LogP contribution is 2.15. The summed E-state index contributed by atoms with van der Waals surface area (Å²) in [5.41, 5.74) is 2.41. The number of rotatable bonds is 5. The second-order valence-electron chi connectivity index (χ2n) is 6.09. The Hall–Kier alpha value is -2.62. The molecule has 4 heteroatoms. The first-order valence-corrected chi connectivity index (χ1v) is 7.79. The second kappa shape index (κ2) is 6.65. The Kier molecular flexibility index (Phi) is 4.42. The summed E-state index contributed by atoms with van der Waals surface area (Å²) in [5.74, 6) is 0.355. The van der Waals surface area contributed by atoms with E-state index in [2.05, 4.69) is 18.8 Å². The number of pyridine rings is 1. The fourth-order valence-electron chi connectivity index (χ4n) is 2.62. The third kappa shape index (κ3) is 3.59. The maximum absolute atomic E-state index is 12.6. The quantitative estimate of drug-likeness (QED) is 0.712. The third-order valence-corrected chi connectivity index (χ3v) is 3.65. The van der Waals surface area contributed by atoms with E-state index in [9.17, 15) is 4.79 Å². The van der Waals surface area contributed by atoms with Crippen LogP contribution in [0.3, 0.4) is 0 Å². The maximum atomic E-state index is 12.6. The van der Waals surface area contributed by atoms with Gasteiger partial charge in [-0.1, -0.05) is 38.1 Å². The molecule has 3 rings (SSSR count). The van der Waals surface area contributed by atoms with Gasteiger partial charge in [0.05, 0.1) is 29.6 Å². The van der Waals surface area contributed by atoms with Gasteiger partial charge in [-0.05, 0) is 24.1 Å². The zero-order valence-corrected chi connectivity index (χ0v) is 13.4. The molecule has 2 heterocycles. The van der Waals surface area contributed by atoms with Crippen LogP contribution in [0, 0.1) is 5.92 Å². The van der Waals surface area contributed by atoms with E-state index >= 15 is 0 Å². The van der Waals surface area contributed by atoms with E-state index in [1.165, 1.54) is 12.5 Å². The standard InChI is InChI=1S/C19H20N2O2/c1-14(2)11-21(19(22)16-9-10-23-13-16)12-17-8-7-15-5-3-4-6-18(15)20-17/h3-10,13-14H,11-12H2,1-2H3. The van der Waals surface area contributed by atoms with Crippen LogP contribution in [0.25, 0.3) is 10.9 Å². The van der Waals surface area contributed by atoms with Crippen molar-refractivity contribution in [3.63, 3.8) is 0 Å². The average Bonchev–Trinajstić information content (AvgIpc) is 3.07. The fourth-order valence-corrected chi connectivity index (χ4v) is 2.62. The molecule has 0 saturated heterocycles. The van der Waals surface area contributed by atoms with Gasteiger partial charge in [0.15, 0.2) is 0 Å². The molecule has 0 saturated carbocycles. The Morgan fingerprint density at radius 3 is 2.74 bits per heavy atom. The molecular weight excluding hydrogens is 288 g/mol. The number of carbonyl (C=O) groups excluding carboxylic acids is 1. The van der Waals surface area contributed by atoms with Gasteiger partial charge in [-0.3, -0.25) is 9.78 Å². The van der Waals surface area contributed by atoms with Crippen LogP contribution >= 0.6 is 0 Å². The molecule has 3 aromatic rings. The van der Waals surface area contributed by atoms with Crippen molar-refractivity contribution in [3.8, 4) is 0 Å². The number of carbonyl (C=O) groups is 1. The molecule has 0 aliphatic heterocycles. The maximum Gasteiger partial charge on any atom is 0.257 e. The molecule has 0 aliphatic carbocycles. The molecule has 1 aromatic carbocycles. The summed E-state index contributed by atoms with van der Waals surface area (Å²) in [6.07, 6.45) is 3.01. The number of hydrogen-bond acceptors (Lipinski definition) is 3. The monoisotopic (exact) mass is 308 g/mol. The zero-order chi connectivity index (χ0) is 16.2. The summed E-state index contributed by atoms with van der Waals surface area (Å²) in [6.45, 7) is 5.37. The fraction of sp³-hybridized carbons (Fsp3) is 0.263. The van der Waals surface area contributed by atoms with Gasteiger partial charge in [0.25, 0.3) is 5.91 Å². The minimum absolute atomic E-state index is 0.0255. The van der Waals surface area contributed by atoms with Gasteiger partial charge in [-0.15, -0.1) is 0 Å². The number of furan rings is 1. The van der Waals surface area contributed by atoms with E-state index in [-0.39, 0.29) is 5.91 Å². The molecular formula is C19H20N2O2. The number of benzene rings is 1. The molecule has 1 amide bonds. The van der Waals surface area contributed by atoms with Crippen LogP contribution in [0.1, 0.15) is 29.9 Å². The highest BCUT2D eigenvalue weighted by Gasteiger charge is 2.18. The molecule has 0 atom stereocenters. The van der Waals surface area contributed by atoms with Crippen LogP contribution in [0.15, 0.2) is 59.4 Å². The largest absolute Gasteiger partial charge is 0.472 e. The lowest BCUT2D eigenvalue weighted by Crippen LogP contribution is -2.33. The lowest BCUT2D eigenvalue weighted by atomic mass is 10.1. The first-order valence-electron chi connectivity index (χ1n) is 7.79. The molecule has 2 aromatic heterocycles. The minimum atomic E-state index is -0.0255. The molecule has 118 valence electrons. The normalized spacial score (nSPS) is 11.1. The third-order valence-electron chi connectivity index (χ3n) is 3.65. The van der Waals surface area contributed by atoms with Crippen molar-refractivity contribution in [2.45, 2.75) is 20.4 Å². The Morgan fingerprint density at radius 1 is 1.17 bits per heavy atom. The molecule has 4 nitrogen and oxygen atoms in total. The van der Waals surface area contributed by atoms with E-state index in [1.807, 2.05) is 41.3 Å². The summed E-state index contributed by atoms with van der Waals surface area (Å²) >= 11 is 0. The van der Waals surface area contributed by atoms with Crippen LogP contribution in [0.4, 0.5) is 0 Å². The van der Waals surface area contributed by atoms with Gasteiger partial charge in [0.1, 0.15) is 6.26 Å². The van der Waals surface area contributed by atoms with E-state index in [0.29, 0.717) is 24.6 Å². The smallest absolute Gasteiger partial charge is 0.257 e. The first-order chi connectivity index (χ1) is 11.1. The van der Waals surface area contributed by atoms with Crippen molar-refractivity contribution >= 4 is 16.8 Å². The summed E-state index contributed by atoms with van der Waals surface area (Å²) in [4.78, 5) is 19.1. The summed E-state index contributed by atoms with van der Waals surface area (Å²) < 4.78 is 5.04. The lowest BCUT2D eigenvalue weighted by molar-refractivity contribution is 0.0720. The van der Waals surface area contributed by atoms with Crippen molar-refractivity contribution in [1.29, 1.82) is 0 Å². The van der Waals surface area contributed by atoms with Gasteiger partial charge in [0, 0.05) is 11.9 Å². The number of hydrogen-bond donors (Lipinski definition) is 0. The summed E-state index contributed by atoms with van der Waals surface area (Å²) in [7, 11) is 0. The van der Waals surface area contributed by atoms with Crippen molar-refractivity contribution < 1.29 is 9.21 Å². The molecule has 0 aliphatic rings. The minimum Gasteiger partial charge on any atom is -0.472 e. The molecule has 0 bridgehead atoms. The van der Waals surface area contributed by atoms with Crippen LogP contribution in [-0.4, -0.2) is 22.3 Å². The van der Waals surface area contributed by atoms with E-state index in [1.54, 1.807) is 6.07 Å². The Labute approximate surface area is 135 Å². The Balaban J connectivity index is 1.85. The molecule has 0 spiro atoms. The first kappa shape index (κ1) is 15.3. The number of fused-ring (bicyclic) bond motifs is 1. The van der Waals surface area contributed by atoms with Crippen molar-refractivity contribution in [3.05, 3.63) is 66.2 Å². The van der Waals surface area contributed by atoms with Crippen molar-refractivity contribution in [2.75, 3.05) is 6.54 Å². The van der Waals surface area contributed by atoms with Crippen molar-refractivity contribution in [2.24, 2.45) is 5.92 Å². The molecule has 23 heavy (non-hydrogen) atoms. The predicted octanol–water partition coefficient (Wildman–Crippen LogP) is 4.13. The topological polar surface area (TPSA) is 46.3 Å². The van der Waals surface area contributed by atoms with Gasteiger partial charge in [-0.2, -0.15) is 0 Å². The lowest BCUT2D eigenvalue weighted by Gasteiger charge is -2.24. The number of amides is 1. The van der Waals surface area contributed by atoms with Gasteiger partial charge < -0.3 is 9.32 Å². The van der Waals surface area contributed by atoms with Gasteiger partial charge in [0.2, 0.25) is 0 Å². The highest BCUT2D eigenvalue weighted by molar-refractivity contribution is 5.93. The zero-order valence-electron chi connectivity index (χ0n) is 13.4. The van der Waals surface area contributed by atoms with Crippen LogP contribution < -0.4 is 0 Å². The SMILES string of the molecule is CC(C)CN(Cc1ccc2ccccc2n1)C(=O)c1ccoc1. The summed E-state index contributed by atoms with van der Waals surface area (Å²) in [6, 6.07) is 13.7. The number of para-hydroxylation sites is 1. The van der Waals surface area contributed by atoms with Gasteiger partial charge in [-0.25, -0.2) is 0 Å². The molecule has 0 N–H and O–H groups in total. The molecule has 0 radical (unpaired) electrons. The summed E-state index contributed by atoms with van der Waals surface area (Å²) in [5, 5.41) is 1.10. The molecule has 0 unspecified atom stereocenters. The Morgan fingerprint density at radius 2 is 2.00 bits per heavy atom. The van der Waals surface area contributed by atoms with Crippen LogP contribution in [0.5, 0.6) is 0 Å². The average molecular weight is 308 g/mol. The predicted molar refractivity (Wildman–Crippen MR) is 90.0 cm³/mol. The van der Waals surface area contributed by atoms with E-state index < -0.39 is 0 Å².